The first kappa shape index (κ1) is 29.0. The number of ether oxygens (including phenoxy) is 1. The van der Waals surface area contributed by atoms with Gasteiger partial charge in [0.25, 0.3) is 0 Å². The number of hydrogen-bond acceptors (Lipinski definition) is 3. The van der Waals surface area contributed by atoms with Crippen LogP contribution in [0.3, 0.4) is 0 Å². The van der Waals surface area contributed by atoms with Crippen molar-refractivity contribution < 1.29 is 17.9 Å². The molecule has 34 heavy (non-hydrogen) atoms. The molecule has 186 valence electrons. The molecule has 6 heteroatoms. The summed E-state index contributed by atoms with van der Waals surface area (Å²) in [7, 11) is 0. The third-order valence-corrected chi connectivity index (χ3v) is 4.82. The Labute approximate surface area is 202 Å². The summed E-state index contributed by atoms with van der Waals surface area (Å²) in [4.78, 5) is 4.57. The number of hydrogen-bond donors (Lipinski definition) is 1. The lowest BCUT2D eigenvalue weighted by molar-refractivity contribution is -0.274. The van der Waals surface area contributed by atoms with E-state index in [-0.39, 0.29) is 5.75 Å². The van der Waals surface area contributed by atoms with Gasteiger partial charge in [0.15, 0.2) is 0 Å². The standard InChI is InChI=1S/C24H25F3N2O.2C2H6/c1-4-12-28-23-14-17(15-29-22(5-2)19-6-7-19)13-21(16(23)3)18-8-10-20(11-9-18)30-24(25,26)27;2*1-2/h5,8-14,29H,2,4,6-7,15H2,1,3H3;2*1-2H3. The van der Waals surface area contributed by atoms with Crippen molar-refractivity contribution in [3.8, 4) is 16.9 Å². The van der Waals surface area contributed by atoms with E-state index in [1.165, 1.54) is 17.7 Å². The lowest BCUT2D eigenvalue weighted by Gasteiger charge is -2.15. The molecule has 0 unspecified atom stereocenters. The van der Waals surface area contributed by atoms with Crippen LogP contribution < -0.4 is 10.1 Å². The summed E-state index contributed by atoms with van der Waals surface area (Å²) in [6.45, 7) is 16.5. The van der Waals surface area contributed by atoms with E-state index in [0.29, 0.717) is 6.54 Å². The van der Waals surface area contributed by atoms with Gasteiger partial charge in [0.05, 0.1) is 5.69 Å². The van der Waals surface area contributed by atoms with Crippen LogP contribution in [0.4, 0.5) is 18.9 Å². The predicted molar refractivity (Wildman–Crippen MR) is 138 cm³/mol. The minimum atomic E-state index is -4.70. The van der Waals surface area contributed by atoms with Crippen LogP contribution in [0, 0.1) is 6.92 Å². The van der Waals surface area contributed by atoms with Crippen molar-refractivity contribution in [1.29, 1.82) is 0 Å². The van der Waals surface area contributed by atoms with Gasteiger partial charge in [-0.05, 0) is 84.4 Å². The van der Waals surface area contributed by atoms with Crippen molar-refractivity contribution in [3.05, 3.63) is 71.5 Å². The minimum Gasteiger partial charge on any atom is -0.406 e. The van der Waals surface area contributed by atoms with Crippen LogP contribution >= 0.6 is 0 Å². The van der Waals surface area contributed by atoms with Crippen LogP contribution in [0.5, 0.6) is 5.75 Å². The van der Waals surface area contributed by atoms with Crippen LogP contribution in [0.25, 0.3) is 11.1 Å². The maximum atomic E-state index is 12.4. The average molecular weight is 475 g/mol. The molecule has 0 saturated heterocycles. The molecule has 2 aromatic carbocycles. The fourth-order valence-electron chi connectivity index (χ4n) is 3.19. The second-order valence-corrected chi connectivity index (χ2v) is 7.15. The molecule has 3 rings (SSSR count). The SMILES string of the molecule is C=CC(NCc1cc(N=CCC)c(C)c(-c2ccc(OC(F)(F)F)cc2)c1)=C1CC1.CC.CC. The summed E-state index contributed by atoms with van der Waals surface area (Å²) >= 11 is 0. The van der Waals surface area contributed by atoms with Crippen LogP contribution in [0.15, 0.2) is 65.3 Å². The Hall–Kier alpha value is -3.02. The quantitative estimate of drug-likeness (QED) is 0.387. The molecule has 0 radical (unpaired) electrons. The summed E-state index contributed by atoms with van der Waals surface area (Å²) in [5.74, 6) is -0.238. The van der Waals surface area contributed by atoms with Gasteiger partial charge in [-0.1, -0.05) is 53.3 Å². The molecule has 1 fully saturated rings. The van der Waals surface area contributed by atoms with Gasteiger partial charge in [-0.25, -0.2) is 0 Å². The molecule has 0 bridgehead atoms. The molecule has 1 aliphatic rings. The summed E-state index contributed by atoms with van der Waals surface area (Å²) in [6, 6.07) is 10.0. The van der Waals surface area contributed by atoms with Crippen molar-refractivity contribution in [2.24, 2.45) is 4.99 Å². The summed E-state index contributed by atoms with van der Waals surface area (Å²) < 4.78 is 41.3. The molecule has 3 nitrogen and oxygen atoms in total. The zero-order valence-corrected chi connectivity index (χ0v) is 21.1. The van der Waals surface area contributed by atoms with Gasteiger partial charge in [-0.2, -0.15) is 0 Å². The predicted octanol–water partition coefficient (Wildman–Crippen LogP) is 9.05. The lowest BCUT2D eigenvalue weighted by Crippen LogP contribution is -2.16. The normalized spacial score (nSPS) is 12.2. The van der Waals surface area contributed by atoms with Gasteiger partial charge in [-0.15, -0.1) is 13.2 Å². The first-order valence-corrected chi connectivity index (χ1v) is 11.9. The Morgan fingerprint density at radius 1 is 1.09 bits per heavy atom. The molecule has 0 aliphatic heterocycles. The number of rotatable bonds is 8. The van der Waals surface area contributed by atoms with Crippen molar-refractivity contribution in [3.63, 3.8) is 0 Å². The first-order valence-electron chi connectivity index (χ1n) is 11.9. The van der Waals surface area contributed by atoms with Crippen molar-refractivity contribution in [1.82, 2.24) is 5.32 Å². The largest absolute Gasteiger partial charge is 0.573 e. The topological polar surface area (TPSA) is 33.6 Å². The van der Waals surface area contributed by atoms with Crippen molar-refractivity contribution in [2.45, 2.75) is 73.7 Å². The van der Waals surface area contributed by atoms with E-state index < -0.39 is 6.36 Å². The molecule has 0 amide bonds. The Kier molecular flexibility index (Phi) is 12.2. The Balaban J connectivity index is 0.00000137. The summed E-state index contributed by atoms with van der Waals surface area (Å²) in [5, 5.41) is 3.43. The van der Waals surface area contributed by atoms with Crippen LogP contribution in [-0.4, -0.2) is 12.6 Å². The third-order valence-electron chi connectivity index (χ3n) is 4.82. The molecule has 0 aromatic heterocycles. The first-order chi connectivity index (χ1) is 16.3. The number of halogens is 3. The van der Waals surface area contributed by atoms with E-state index in [1.807, 2.05) is 66.0 Å². The van der Waals surface area contributed by atoms with Crippen LogP contribution in [0.1, 0.15) is 65.0 Å². The van der Waals surface area contributed by atoms with Crippen LogP contribution in [0.2, 0.25) is 0 Å². The number of benzene rings is 2. The maximum absolute atomic E-state index is 12.4. The van der Waals surface area contributed by atoms with E-state index in [9.17, 15) is 13.2 Å². The highest BCUT2D eigenvalue weighted by molar-refractivity contribution is 5.76. The van der Waals surface area contributed by atoms with Gasteiger partial charge >= 0.3 is 6.36 Å². The number of nitrogens with zero attached hydrogens (tertiary/aromatic N) is 1. The summed E-state index contributed by atoms with van der Waals surface area (Å²) in [6.07, 6.45) is 2.01. The molecule has 1 N–H and O–H groups in total. The van der Waals surface area contributed by atoms with E-state index in [2.05, 4.69) is 21.6 Å². The van der Waals surface area contributed by atoms with E-state index >= 15 is 0 Å². The van der Waals surface area contributed by atoms with Crippen LogP contribution in [-0.2, 0) is 6.54 Å². The van der Waals surface area contributed by atoms with Gasteiger partial charge in [0.1, 0.15) is 5.75 Å². The van der Waals surface area contributed by atoms with Gasteiger partial charge in [0.2, 0.25) is 0 Å². The zero-order valence-electron chi connectivity index (χ0n) is 21.1. The smallest absolute Gasteiger partial charge is 0.406 e. The lowest BCUT2D eigenvalue weighted by atomic mass is 9.96. The molecule has 0 atom stereocenters. The maximum Gasteiger partial charge on any atom is 0.573 e. The van der Waals surface area contributed by atoms with Gasteiger partial charge in [-0.3, -0.25) is 4.99 Å². The second-order valence-electron chi connectivity index (χ2n) is 7.15. The number of alkyl halides is 3. The third kappa shape index (κ3) is 9.08. The monoisotopic (exact) mass is 474 g/mol. The van der Waals surface area contributed by atoms with Crippen molar-refractivity contribution in [2.75, 3.05) is 0 Å². The summed E-state index contributed by atoms with van der Waals surface area (Å²) in [5.41, 5.74) is 7.04. The Morgan fingerprint density at radius 2 is 1.71 bits per heavy atom. The highest BCUT2D eigenvalue weighted by Crippen LogP contribution is 2.34. The van der Waals surface area contributed by atoms with Crippen molar-refractivity contribution >= 4 is 11.9 Å². The number of aliphatic imine (C=N–C) groups is 1. The number of allylic oxidation sites excluding steroid dienone is 2. The van der Waals surface area contributed by atoms with Gasteiger partial charge < -0.3 is 10.1 Å². The zero-order chi connectivity index (χ0) is 25.7. The van der Waals surface area contributed by atoms with Gasteiger partial charge in [0, 0.05) is 18.5 Å². The molecular weight excluding hydrogens is 437 g/mol. The molecule has 1 aliphatic carbocycles. The second kappa shape index (κ2) is 14.3. The highest BCUT2D eigenvalue weighted by atomic mass is 19.4. The highest BCUT2D eigenvalue weighted by Gasteiger charge is 2.31. The van der Waals surface area contributed by atoms with E-state index in [0.717, 1.165) is 52.9 Å². The molecule has 0 spiro atoms. The minimum absolute atomic E-state index is 0.238. The fourth-order valence-corrected chi connectivity index (χ4v) is 3.19. The Bertz CT molecular complexity index is 968. The molecule has 0 heterocycles. The Morgan fingerprint density at radius 3 is 2.21 bits per heavy atom. The number of nitrogens with one attached hydrogen (secondary N) is 1. The fraction of sp³-hybridized carbons (Fsp3) is 0.393. The van der Waals surface area contributed by atoms with E-state index in [4.69, 9.17) is 0 Å². The molecule has 1 saturated carbocycles. The molecular formula is C28H37F3N2O. The van der Waals surface area contributed by atoms with E-state index in [1.54, 1.807) is 12.1 Å². The average Bonchev–Trinajstić information content (AvgIpc) is 3.67. The molecule has 2 aromatic rings.